The third-order valence-electron chi connectivity index (χ3n) is 7.25. The average molecular weight is 517 g/mol. The lowest BCUT2D eigenvalue weighted by Gasteiger charge is -2.25. The Morgan fingerprint density at radius 1 is 1.05 bits per heavy atom. The van der Waals surface area contributed by atoms with Crippen LogP contribution in [-0.4, -0.2) is 18.2 Å². The van der Waals surface area contributed by atoms with Crippen LogP contribution >= 0.6 is 0 Å². The van der Waals surface area contributed by atoms with E-state index in [4.69, 9.17) is 9.47 Å². The summed E-state index contributed by atoms with van der Waals surface area (Å²) in [5.74, 6) is 0.808. The molecule has 1 fully saturated rings. The van der Waals surface area contributed by atoms with Gasteiger partial charge in [-0.15, -0.1) is 0 Å². The fraction of sp³-hybridized carbons (Fsp3) is 0.364. The van der Waals surface area contributed by atoms with E-state index in [1.807, 2.05) is 42.5 Å². The van der Waals surface area contributed by atoms with Crippen LogP contribution in [0.5, 0.6) is 11.5 Å². The highest BCUT2D eigenvalue weighted by Gasteiger charge is 2.28. The number of hydrogen-bond acceptors (Lipinski definition) is 3. The van der Waals surface area contributed by atoms with Gasteiger partial charge < -0.3 is 14.6 Å². The summed E-state index contributed by atoms with van der Waals surface area (Å²) in [6, 6.07) is 18.4. The van der Waals surface area contributed by atoms with Gasteiger partial charge in [-0.1, -0.05) is 64.5 Å². The van der Waals surface area contributed by atoms with Crippen molar-refractivity contribution in [2.45, 2.75) is 59.0 Å². The number of ether oxygens (including phenoxy) is 2. The van der Waals surface area contributed by atoms with Gasteiger partial charge in [0.25, 0.3) is 0 Å². The van der Waals surface area contributed by atoms with Gasteiger partial charge in [0, 0.05) is 5.56 Å². The molecule has 1 aliphatic rings. The topological polar surface area (TPSA) is 55.8 Å². The van der Waals surface area contributed by atoms with Gasteiger partial charge >= 0.3 is 5.97 Å². The minimum atomic E-state index is -0.777. The van der Waals surface area contributed by atoms with Gasteiger partial charge in [-0.3, -0.25) is 4.79 Å². The Kier molecular flexibility index (Phi) is 8.25. The van der Waals surface area contributed by atoms with Crippen LogP contribution < -0.4 is 9.47 Å². The maximum Gasteiger partial charge on any atom is 0.303 e. The summed E-state index contributed by atoms with van der Waals surface area (Å²) in [7, 11) is 1.57. The molecule has 5 heteroatoms. The lowest BCUT2D eigenvalue weighted by atomic mass is 9.80. The maximum atomic E-state index is 14.9. The van der Waals surface area contributed by atoms with Crippen molar-refractivity contribution in [3.05, 3.63) is 89.8 Å². The summed E-state index contributed by atoms with van der Waals surface area (Å²) in [5.41, 5.74) is 4.69. The fourth-order valence-corrected chi connectivity index (χ4v) is 4.74. The predicted molar refractivity (Wildman–Crippen MR) is 150 cm³/mol. The Morgan fingerprint density at radius 2 is 1.82 bits per heavy atom. The molecule has 4 rings (SSSR count). The molecule has 1 aliphatic carbocycles. The molecule has 4 nitrogen and oxygen atoms in total. The van der Waals surface area contributed by atoms with Gasteiger partial charge in [0.05, 0.1) is 13.5 Å². The van der Waals surface area contributed by atoms with Crippen LogP contribution in [-0.2, 0) is 11.4 Å². The van der Waals surface area contributed by atoms with E-state index in [0.717, 1.165) is 34.2 Å². The number of hydrogen-bond donors (Lipinski definition) is 1. The molecule has 0 unspecified atom stereocenters. The molecular formula is C33H37FO4. The summed E-state index contributed by atoms with van der Waals surface area (Å²) >= 11 is 0. The Balaban J connectivity index is 1.60. The molecule has 3 aromatic carbocycles. The van der Waals surface area contributed by atoms with Crippen LogP contribution in [0.3, 0.4) is 0 Å². The Hall–Kier alpha value is -3.60. The van der Waals surface area contributed by atoms with E-state index in [9.17, 15) is 14.3 Å². The Labute approximate surface area is 225 Å². The molecule has 0 spiro atoms. The van der Waals surface area contributed by atoms with E-state index in [-0.39, 0.29) is 23.6 Å². The van der Waals surface area contributed by atoms with Crippen molar-refractivity contribution in [2.24, 2.45) is 11.3 Å². The molecule has 0 aromatic heterocycles. The van der Waals surface area contributed by atoms with Crippen molar-refractivity contribution >= 4 is 11.5 Å². The van der Waals surface area contributed by atoms with Crippen LogP contribution in [0.1, 0.15) is 69.1 Å². The number of carbonyl (C=O) groups is 1. The molecule has 0 radical (unpaired) electrons. The highest BCUT2D eigenvalue weighted by Crippen LogP contribution is 2.41. The van der Waals surface area contributed by atoms with Gasteiger partial charge in [0.2, 0.25) is 0 Å². The van der Waals surface area contributed by atoms with Crippen LogP contribution in [0.25, 0.3) is 16.7 Å². The predicted octanol–water partition coefficient (Wildman–Crippen LogP) is 8.50. The SMILES string of the molecule is C=C(c1cc(COc2cccc([C@@H](CC(=O)O)CC3CC3)c2)ccc1-c1cc(OC)ccc1F)C(C)(C)C. The molecule has 200 valence electrons. The first-order chi connectivity index (χ1) is 18.0. The van der Waals surface area contributed by atoms with E-state index in [0.29, 0.717) is 29.6 Å². The zero-order valence-electron chi connectivity index (χ0n) is 22.7. The summed E-state index contributed by atoms with van der Waals surface area (Å²) in [5, 5.41) is 9.41. The van der Waals surface area contributed by atoms with Crippen LogP contribution in [0.4, 0.5) is 4.39 Å². The number of carboxylic acids is 1. The molecule has 3 aromatic rings. The molecule has 0 saturated heterocycles. The number of rotatable bonds is 11. The largest absolute Gasteiger partial charge is 0.497 e. The minimum Gasteiger partial charge on any atom is -0.497 e. The van der Waals surface area contributed by atoms with Crippen molar-refractivity contribution in [3.8, 4) is 22.6 Å². The zero-order valence-corrected chi connectivity index (χ0v) is 22.7. The number of carboxylic acid groups (broad SMARTS) is 1. The number of allylic oxidation sites excluding steroid dienone is 1. The Morgan fingerprint density at radius 3 is 2.47 bits per heavy atom. The van der Waals surface area contributed by atoms with Gasteiger partial charge in [-0.25, -0.2) is 4.39 Å². The zero-order chi connectivity index (χ0) is 27.4. The molecular weight excluding hydrogens is 479 g/mol. The summed E-state index contributed by atoms with van der Waals surface area (Å²) in [6.45, 7) is 10.9. The van der Waals surface area contributed by atoms with Crippen molar-refractivity contribution in [2.75, 3.05) is 7.11 Å². The molecule has 0 amide bonds. The average Bonchev–Trinajstić information content (AvgIpc) is 3.70. The van der Waals surface area contributed by atoms with E-state index in [1.54, 1.807) is 19.2 Å². The molecule has 0 heterocycles. The molecule has 1 N–H and O–H groups in total. The van der Waals surface area contributed by atoms with E-state index < -0.39 is 5.97 Å². The monoisotopic (exact) mass is 516 g/mol. The number of methoxy groups -OCH3 is 1. The number of halogens is 1. The number of benzene rings is 3. The van der Waals surface area contributed by atoms with Crippen molar-refractivity contribution in [1.29, 1.82) is 0 Å². The van der Waals surface area contributed by atoms with E-state index >= 15 is 0 Å². The molecule has 0 bridgehead atoms. The smallest absolute Gasteiger partial charge is 0.303 e. The fourth-order valence-electron chi connectivity index (χ4n) is 4.74. The third kappa shape index (κ3) is 6.83. The summed E-state index contributed by atoms with van der Waals surface area (Å²) in [4.78, 5) is 11.5. The van der Waals surface area contributed by atoms with Crippen LogP contribution in [0, 0.1) is 17.2 Å². The molecule has 1 atom stereocenters. The first-order valence-electron chi connectivity index (χ1n) is 13.2. The van der Waals surface area contributed by atoms with Crippen LogP contribution in [0.2, 0.25) is 0 Å². The van der Waals surface area contributed by atoms with Gasteiger partial charge in [0.1, 0.15) is 23.9 Å². The first kappa shape index (κ1) is 27.4. The maximum absolute atomic E-state index is 14.9. The van der Waals surface area contributed by atoms with Gasteiger partial charge in [0.15, 0.2) is 0 Å². The lowest BCUT2D eigenvalue weighted by molar-refractivity contribution is -0.137. The summed E-state index contributed by atoms with van der Waals surface area (Å²) < 4.78 is 26.4. The van der Waals surface area contributed by atoms with Crippen LogP contribution in [0.15, 0.2) is 67.2 Å². The van der Waals surface area contributed by atoms with Crippen molar-refractivity contribution in [1.82, 2.24) is 0 Å². The molecule has 38 heavy (non-hydrogen) atoms. The normalized spacial score (nSPS) is 14.1. The second-order valence-corrected chi connectivity index (χ2v) is 11.3. The minimum absolute atomic E-state index is 0.0118. The standard InChI is InChI=1S/C33H37FO4/c1-21(33(2,3)4)29-16-23(11-13-28(29)30-19-26(37-5)12-14-31(30)34)20-38-27-8-6-7-24(17-27)25(18-32(35)36)15-22-9-10-22/h6-8,11-14,16-17,19,22,25H,1,9-10,15,18,20H2,2-5H3,(H,35,36)/t25-/m1/s1. The lowest BCUT2D eigenvalue weighted by Crippen LogP contribution is -2.09. The first-order valence-corrected chi connectivity index (χ1v) is 13.2. The summed E-state index contributed by atoms with van der Waals surface area (Å²) in [6.07, 6.45) is 3.39. The second-order valence-electron chi connectivity index (χ2n) is 11.3. The highest BCUT2D eigenvalue weighted by molar-refractivity contribution is 5.83. The van der Waals surface area contributed by atoms with Gasteiger partial charge in [-0.05, 0) is 87.9 Å². The Bertz CT molecular complexity index is 1320. The van der Waals surface area contributed by atoms with E-state index in [1.165, 1.54) is 18.9 Å². The van der Waals surface area contributed by atoms with E-state index in [2.05, 4.69) is 27.4 Å². The second kappa shape index (κ2) is 11.4. The quantitative estimate of drug-likeness (QED) is 0.278. The highest BCUT2D eigenvalue weighted by atomic mass is 19.1. The third-order valence-corrected chi connectivity index (χ3v) is 7.25. The molecule has 0 aliphatic heterocycles. The van der Waals surface area contributed by atoms with Crippen molar-refractivity contribution in [3.63, 3.8) is 0 Å². The molecule has 1 saturated carbocycles. The van der Waals surface area contributed by atoms with Gasteiger partial charge in [-0.2, -0.15) is 0 Å². The van der Waals surface area contributed by atoms with Crippen molar-refractivity contribution < 1.29 is 23.8 Å². The number of aliphatic carboxylic acids is 1.